The van der Waals surface area contributed by atoms with Gasteiger partial charge in [-0.25, -0.2) is 0 Å². The molecule has 120 valence electrons. The van der Waals surface area contributed by atoms with Crippen LogP contribution in [0.2, 0.25) is 5.02 Å². The van der Waals surface area contributed by atoms with Crippen molar-refractivity contribution in [2.75, 3.05) is 11.9 Å². The van der Waals surface area contributed by atoms with Gasteiger partial charge in [-0.2, -0.15) is 11.3 Å². The Bertz CT molecular complexity index is 754. The third-order valence-corrected chi connectivity index (χ3v) is 5.28. The minimum absolute atomic E-state index is 0.388. The molecule has 0 aliphatic rings. The summed E-state index contributed by atoms with van der Waals surface area (Å²) in [5.41, 5.74) is 1.12. The highest BCUT2D eigenvalue weighted by Crippen LogP contribution is 2.25. The molecule has 4 nitrogen and oxygen atoms in total. The number of thiophene rings is 1. The van der Waals surface area contributed by atoms with Gasteiger partial charge in [0.1, 0.15) is 10.6 Å². The van der Waals surface area contributed by atoms with E-state index >= 15 is 0 Å². The first kappa shape index (κ1) is 16.4. The molecule has 0 saturated heterocycles. The number of rotatable bonds is 6. The smallest absolute Gasteiger partial charge is 0.205 e. The number of halogens is 1. The van der Waals surface area contributed by atoms with E-state index in [1.54, 1.807) is 18.3 Å². The Morgan fingerprint density at radius 1 is 1.22 bits per heavy atom. The molecule has 0 spiro atoms. The highest BCUT2D eigenvalue weighted by atomic mass is 35.5. The van der Waals surface area contributed by atoms with E-state index in [-0.39, 0.29) is 0 Å². The predicted molar refractivity (Wildman–Crippen MR) is 96.5 cm³/mol. The first-order valence-electron chi connectivity index (χ1n) is 7.09. The number of aliphatic hydroxyl groups is 1. The summed E-state index contributed by atoms with van der Waals surface area (Å²) in [4.78, 5) is 0. The van der Waals surface area contributed by atoms with Crippen LogP contribution in [0.3, 0.4) is 0 Å². The van der Waals surface area contributed by atoms with Gasteiger partial charge in [0.25, 0.3) is 0 Å². The number of anilines is 1. The average molecular weight is 366 g/mol. The Kier molecular flexibility index (Phi) is 4.96. The van der Waals surface area contributed by atoms with Crippen LogP contribution in [0.5, 0.6) is 0 Å². The van der Waals surface area contributed by atoms with Gasteiger partial charge in [-0.15, -0.1) is 10.2 Å². The number of nitrogens with one attached hydrogen (secondary N) is 1. The molecule has 3 rings (SSSR count). The first-order valence-corrected chi connectivity index (χ1v) is 9.22. The summed E-state index contributed by atoms with van der Waals surface area (Å²) in [6.07, 6.45) is 0.720. The van der Waals surface area contributed by atoms with Gasteiger partial charge in [0.15, 0.2) is 0 Å². The van der Waals surface area contributed by atoms with Crippen molar-refractivity contribution in [2.24, 2.45) is 0 Å². The van der Waals surface area contributed by atoms with Crippen molar-refractivity contribution >= 4 is 39.4 Å². The highest BCUT2D eigenvalue weighted by Gasteiger charge is 2.23. The minimum atomic E-state index is -0.929. The number of hydrogen-bond donors (Lipinski definition) is 2. The van der Waals surface area contributed by atoms with Crippen molar-refractivity contribution < 1.29 is 5.11 Å². The van der Waals surface area contributed by atoms with Crippen LogP contribution in [0.15, 0.2) is 41.1 Å². The Labute approximate surface area is 147 Å². The minimum Gasteiger partial charge on any atom is -0.384 e. The van der Waals surface area contributed by atoms with Crippen LogP contribution in [0.25, 0.3) is 0 Å². The summed E-state index contributed by atoms with van der Waals surface area (Å²) in [6.45, 7) is 2.18. The van der Waals surface area contributed by atoms with Crippen LogP contribution in [0.4, 0.5) is 5.13 Å². The zero-order valence-electron chi connectivity index (χ0n) is 12.5. The molecule has 0 amide bonds. The van der Waals surface area contributed by atoms with Gasteiger partial charge in [0.2, 0.25) is 5.13 Å². The third-order valence-electron chi connectivity index (χ3n) is 3.46. The van der Waals surface area contributed by atoms with E-state index in [4.69, 9.17) is 11.6 Å². The molecule has 2 aromatic heterocycles. The highest BCUT2D eigenvalue weighted by molar-refractivity contribution is 7.15. The maximum absolute atomic E-state index is 10.5. The van der Waals surface area contributed by atoms with Crippen molar-refractivity contribution in [2.45, 2.75) is 18.9 Å². The number of aromatic nitrogens is 2. The van der Waals surface area contributed by atoms with E-state index in [0.29, 0.717) is 11.7 Å². The Morgan fingerprint density at radius 2 is 2.00 bits per heavy atom. The van der Waals surface area contributed by atoms with Gasteiger partial charge < -0.3 is 10.4 Å². The molecule has 7 heteroatoms. The lowest BCUT2D eigenvalue weighted by atomic mass is 10.00. The van der Waals surface area contributed by atoms with Crippen LogP contribution in [-0.4, -0.2) is 21.8 Å². The fraction of sp³-hybridized carbons (Fsp3) is 0.250. The van der Waals surface area contributed by atoms with E-state index in [9.17, 15) is 5.11 Å². The van der Waals surface area contributed by atoms with Gasteiger partial charge in [0, 0.05) is 18.0 Å². The lowest BCUT2D eigenvalue weighted by molar-refractivity contribution is 0.0720. The van der Waals surface area contributed by atoms with Crippen molar-refractivity contribution in [3.05, 3.63) is 62.2 Å². The van der Waals surface area contributed by atoms with E-state index in [0.717, 1.165) is 27.6 Å². The summed E-state index contributed by atoms with van der Waals surface area (Å²) >= 11 is 8.95. The standard InChI is InChI=1S/C16H16ClN3OS2/c1-16(21,12-6-7-22-9-12)10-18-15-20-19-14(23-15)8-11-2-4-13(17)5-3-11/h2-7,9,21H,8,10H2,1H3,(H,18,20). The maximum Gasteiger partial charge on any atom is 0.205 e. The molecular weight excluding hydrogens is 350 g/mol. The normalized spacial score (nSPS) is 13.7. The summed E-state index contributed by atoms with van der Waals surface area (Å²) < 4.78 is 0. The Hall–Kier alpha value is -1.47. The van der Waals surface area contributed by atoms with Gasteiger partial charge in [-0.1, -0.05) is 35.1 Å². The molecule has 0 aliphatic heterocycles. The van der Waals surface area contributed by atoms with Crippen LogP contribution in [-0.2, 0) is 12.0 Å². The summed E-state index contributed by atoms with van der Waals surface area (Å²) in [5.74, 6) is 0. The second kappa shape index (κ2) is 6.97. The van der Waals surface area contributed by atoms with E-state index in [1.165, 1.54) is 11.3 Å². The maximum atomic E-state index is 10.5. The van der Waals surface area contributed by atoms with Crippen LogP contribution < -0.4 is 5.32 Å². The monoisotopic (exact) mass is 365 g/mol. The first-order chi connectivity index (χ1) is 11.0. The summed E-state index contributed by atoms with van der Waals surface area (Å²) in [6, 6.07) is 9.64. The average Bonchev–Trinajstić information content (AvgIpc) is 3.19. The molecule has 0 bridgehead atoms. The lowest BCUT2D eigenvalue weighted by Crippen LogP contribution is -2.30. The second-order valence-corrected chi connectivity index (χ2v) is 7.72. The number of nitrogens with zero attached hydrogens (tertiary/aromatic N) is 2. The van der Waals surface area contributed by atoms with E-state index in [2.05, 4.69) is 15.5 Å². The Morgan fingerprint density at radius 3 is 2.70 bits per heavy atom. The number of benzene rings is 1. The number of hydrogen-bond acceptors (Lipinski definition) is 6. The molecule has 1 unspecified atom stereocenters. The molecular formula is C16H16ClN3OS2. The summed E-state index contributed by atoms with van der Waals surface area (Å²) in [5, 5.41) is 28.3. The molecule has 1 atom stereocenters. The molecule has 0 saturated carbocycles. The summed E-state index contributed by atoms with van der Waals surface area (Å²) in [7, 11) is 0. The second-order valence-electron chi connectivity index (χ2n) is 5.44. The van der Waals surface area contributed by atoms with Crippen molar-refractivity contribution in [3.8, 4) is 0 Å². The Balaban J connectivity index is 1.60. The predicted octanol–water partition coefficient (Wildman–Crippen LogP) is 4.16. The van der Waals surface area contributed by atoms with Crippen molar-refractivity contribution in [1.29, 1.82) is 0 Å². The van der Waals surface area contributed by atoms with Gasteiger partial charge in [-0.05, 0) is 47.0 Å². The van der Waals surface area contributed by atoms with Crippen molar-refractivity contribution in [3.63, 3.8) is 0 Å². The van der Waals surface area contributed by atoms with Crippen LogP contribution in [0.1, 0.15) is 23.1 Å². The molecule has 0 radical (unpaired) electrons. The zero-order valence-corrected chi connectivity index (χ0v) is 14.9. The van der Waals surface area contributed by atoms with Crippen LogP contribution >= 0.6 is 34.3 Å². The fourth-order valence-corrected chi connectivity index (χ4v) is 3.77. The zero-order chi connectivity index (χ0) is 16.3. The van der Waals surface area contributed by atoms with Gasteiger partial charge in [0.05, 0.1) is 0 Å². The third kappa shape index (κ3) is 4.29. The van der Waals surface area contributed by atoms with Crippen molar-refractivity contribution in [1.82, 2.24) is 10.2 Å². The molecule has 3 aromatic rings. The fourth-order valence-electron chi connectivity index (χ4n) is 2.09. The molecule has 23 heavy (non-hydrogen) atoms. The quantitative estimate of drug-likeness (QED) is 0.688. The topological polar surface area (TPSA) is 58.0 Å². The largest absolute Gasteiger partial charge is 0.384 e. The van der Waals surface area contributed by atoms with E-state index in [1.807, 2.05) is 41.1 Å². The lowest BCUT2D eigenvalue weighted by Gasteiger charge is -2.22. The molecule has 0 aliphatic carbocycles. The molecule has 2 N–H and O–H groups in total. The van der Waals surface area contributed by atoms with E-state index < -0.39 is 5.60 Å². The van der Waals surface area contributed by atoms with Crippen LogP contribution in [0, 0.1) is 0 Å². The SMILES string of the molecule is CC(O)(CNc1nnc(Cc2ccc(Cl)cc2)s1)c1ccsc1. The van der Waals surface area contributed by atoms with Gasteiger partial charge >= 0.3 is 0 Å². The molecule has 2 heterocycles. The molecule has 1 aromatic carbocycles. The van der Waals surface area contributed by atoms with Gasteiger partial charge in [-0.3, -0.25) is 0 Å². The molecule has 0 fully saturated rings.